The quantitative estimate of drug-likeness (QED) is 0.365. The normalized spacial score (nSPS) is 14.5. The minimum absolute atomic E-state index is 0.0604. The van der Waals surface area contributed by atoms with Crippen molar-refractivity contribution in [3.63, 3.8) is 0 Å². The zero-order valence-electron chi connectivity index (χ0n) is 11.5. The number of halogens is 5. The lowest BCUT2D eigenvalue weighted by molar-refractivity contribution is -0.264. The summed E-state index contributed by atoms with van der Waals surface area (Å²) in [5.74, 6) is 0. The molecule has 2 aromatic carbocycles. The van der Waals surface area contributed by atoms with Gasteiger partial charge in [-0.2, -0.15) is 13.2 Å². The molecule has 1 aromatic heterocycles. The van der Waals surface area contributed by atoms with E-state index in [9.17, 15) is 34.9 Å². The Labute approximate surface area is 135 Å². The molecule has 0 spiro atoms. The number of alkyl halides is 5. The van der Waals surface area contributed by atoms with Crippen molar-refractivity contribution in [3.8, 4) is 0 Å². The molecule has 3 aromatic rings. The van der Waals surface area contributed by atoms with Crippen LogP contribution in [0, 0.1) is 0 Å². The largest absolute Gasteiger partial charge is 0.744 e. The maximum Gasteiger partial charge on any atom is 0.530 e. The van der Waals surface area contributed by atoms with E-state index >= 15 is 0 Å². The number of thiophene rings is 1. The van der Waals surface area contributed by atoms with E-state index < -0.39 is 41.6 Å². The van der Waals surface area contributed by atoms with Crippen LogP contribution in [0.1, 0.15) is 0 Å². The van der Waals surface area contributed by atoms with Gasteiger partial charge >= 0.3 is 11.4 Å². The Balaban J connectivity index is 2.53. The van der Waals surface area contributed by atoms with Crippen LogP contribution < -0.4 is 0 Å². The molecule has 0 aliphatic rings. The van der Waals surface area contributed by atoms with Crippen LogP contribution in [0.2, 0.25) is 0 Å². The molecule has 1 atom stereocenters. The van der Waals surface area contributed by atoms with Crippen LogP contribution in [-0.2, 0) is 15.4 Å². The Hall–Kier alpha value is -1.78. The lowest BCUT2D eigenvalue weighted by Crippen LogP contribution is -2.29. The van der Waals surface area contributed by atoms with Gasteiger partial charge in [-0.05, 0) is 24.3 Å². The second-order valence-electron chi connectivity index (χ2n) is 4.93. The molecule has 0 N–H and O–H groups in total. The summed E-state index contributed by atoms with van der Waals surface area (Å²) in [6.45, 7) is 0. The molecule has 3 rings (SSSR count). The lowest BCUT2D eigenvalue weighted by atomic mass is 10.2. The van der Waals surface area contributed by atoms with E-state index in [1.54, 1.807) is 0 Å². The van der Waals surface area contributed by atoms with Crippen molar-refractivity contribution in [3.05, 3.63) is 42.5 Å². The number of hydrogen-bond donors (Lipinski definition) is 0. The molecule has 0 aliphatic carbocycles. The molecule has 0 fully saturated rings. The van der Waals surface area contributed by atoms with Gasteiger partial charge in [-0.3, -0.25) is 0 Å². The fourth-order valence-corrected chi connectivity index (χ4v) is 5.27. The molecule has 0 aliphatic heterocycles. The maximum absolute atomic E-state index is 14.1. The molecule has 10 heteroatoms. The van der Waals surface area contributed by atoms with Crippen LogP contribution in [0.5, 0.6) is 0 Å². The smallest absolute Gasteiger partial charge is 0.530 e. The van der Waals surface area contributed by atoms with Gasteiger partial charge in [0.15, 0.2) is 9.40 Å². The first-order valence-corrected chi connectivity index (χ1v) is 8.96. The minimum atomic E-state index is -5.82. The summed E-state index contributed by atoms with van der Waals surface area (Å²) in [7, 11) is -7.75. The van der Waals surface area contributed by atoms with Crippen molar-refractivity contribution < 1.29 is 34.9 Å². The monoisotopic (exact) mass is 382 g/mol. The molecule has 24 heavy (non-hydrogen) atoms. The SMILES string of the molecule is O=S(=O)([O-])c1ccc2c3ccccc3[s+](C(F)(F)C(F)(F)F)c2c1. The molecule has 3 nitrogen and oxygen atoms in total. The van der Waals surface area contributed by atoms with Crippen molar-refractivity contribution in [2.45, 2.75) is 16.3 Å². The second kappa shape index (κ2) is 5.11. The van der Waals surface area contributed by atoms with Gasteiger partial charge in [0.1, 0.15) is 10.1 Å². The molecule has 0 bridgehead atoms. The van der Waals surface area contributed by atoms with E-state index in [1.165, 1.54) is 18.2 Å². The molecule has 1 heterocycles. The first-order chi connectivity index (χ1) is 10.9. The van der Waals surface area contributed by atoms with E-state index in [4.69, 9.17) is 0 Å². The van der Waals surface area contributed by atoms with Gasteiger partial charge in [-0.1, -0.05) is 12.1 Å². The number of rotatable bonds is 2. The highest BCUT2D eigenvalue weighted by Crippen LogP contribution is 2.59. The fourth-order valence-electron chi connectivity index (χ4n) is 2.43. The predicted molar refractivity (Wildman–Crippen MR) is 78.1 cm³/mol. The third kappa shape index (κ3) is 2.45. The van der Waals surface area contributed by atoms with Gasteiger partial charge in [-0.25, -0.2) is 8.42 Å². The van der Waals surface area contributed by atoms with Crippen LogP contribution in [-0.4, -0.2) is 19.1 Å². The highest BCUT2D eigenvalue weighted by molar-refractivity contribution is 7.85. The second-order valence-corrected chi connectivity index (χ2v) is 8.31. The van der Waals surface area contributed by atoms with Gasteiger partial charge in [0.25, 0.3) is 0 Å². The average molecular weight is 382 g/mol. The van der Waals surface area contributed by atoms with Crippen molar-refractivity contribution >= 4 is 40.8 Å². The molecule has 1 unspecified atom stereocenters. The molecule has 0 saturated heterocycles. The third-order valence-corrected chi connectivity index (χ3v) is 6.59. The van der Waals surface area contributed by atoms with E-state index in [-0.39, 0.29) is 15.5 Å². The number of fused-ring (bicyclic) bond motifs is 3. The Kier molecular flexibility index (Phi) is 3.63. The summed E-state index contributed by atoms with van der Waals surface area (Å²) in [6.07, 6.45) is -5.82. The molecular formula is C14H7F5O3S2. The van der Waals surface area contributed by atoms with Crippen molar-refractivity contribution in [2.75, 3.05) is 0 Å². The van der Waals surface area contributed by atoms with E-state index in [1.807, 2.05) is 0 Å². The summed E-state index contributed by atoms with van der Waals surface area (Å²) in [4.78, 5) is -0.843. The predicted octanol–water partition coefficient (Wildman–Crippen LogP) is 4.76. The van der Waals surface area contributed by atoms with Gasteiger partial charge in [0, 0.05) is 16.8 Å². The van der Waals surface area contributed by atoms with Crippen molar-refractivity contribution in [2.24, 2.45) is 0 Å². The van der Waals surface area contributed by atoms with Gasteiger partial charge in [0.2, 0.25) is 0 Å². The Morgan fingerprint density at radius 2 is 1.46 bits per heavy atom. The molecule has 0 saturated carbocycles. The number of hydrogen-bond acceptors (Lipinski definition) is 3. The van der Waals surface area contributed by atoms with Crippen LogP contribution in [0.25, 0.3) is 20.2 Å². The Bertz CT molecular complexity index is 1050. The Morgan fingerprint density at radius 1 is 0.875 bits per heavy atom. The summed E-state index contributed by atoms with van der Waals surface area (Å²) in [6, 6.07) is 7.90. The highest BCUT2D eigenvalue weighted by Gasteiger charge is 2.69. The Morgan fingerprint density at radius 3 is 2.04 bits per heavy atom. The van der Waals surface area contributed by atoms with Gasteiger partial charge in [-0.15, -0.1) is 8.78 Å². The third-order valence-electron chi connectivity index (χ3n) is 3.45. The van der Waals surface area contributed by atoms with E-state index in [0.29, 0.717) is 6.07 Å². The maximum atomic E-state index is 14.1. The van der Waals surface area contributed by atoms with Crippen LogP contribution in [0.4, 0.5) is 22.0 Å². The van der Waals surface area contributed by atoms with E-state index in [0.717, 1.165) is 18.2 Å². The number of benzene rings is 2. The zero-order chi connectivity index (χ0) is 17.9. The highest BCUT2D eigenvalue weighted by atomic mass is 32.2. The molecule has 0 radical (unpaired) electrons. The molecule has 0 amide bonds. The molecular weight excluding hydrogens is 375 g/mol. The van der Waals surface area contributed by atoms with Crippen molar-refractivity contribution in [1.82, 2.24) is 0 Å². The van der Waals surface area contributed by atoms with Gasteiger partial charge in [0.05, 0.1) is 15.4 Å². The topological polar surface area (TPSA) is 57.2 Å². The first-order valence-electron chi connectivity index (χ1n) is 6.33. The summed E-state index contributed by atoms with van der Waals surface area (Å²) < 4.78 is 99.4. The summed E-state index contributed by atoms with van der Waals surface area (Å²) in [5.41, 5.74) is 0. The van der Waals surface area contributed by atoms with Crippen LogP contribution >= 0.6 is 10.5 Å². The van der Waals surface area contributed by atoms with Crippen LogP contribution in [0.15, 0.2) is 47.4 Å². The zero-order valence-corrected chi connectivity index (χ0v) is 13.1. The first kappa shape index (κ1) is 17.1. The van der Waals surface area contributed by atoms with E-state index in [2.05, 4.69) is 0 Å². The van der Waals surface area contributed by atoms with Gasteiger partial charge < -0.3 is 4.55 Å². The fraction of sp³-hybridized carbons (Fsp3) is 0.143. The van der Waals surface area contributed by atoms with Crippen molar-refractivity contribution in [1.29, 1.82) is 0 Å². The molecule has 128 valence electrons. The summed E-state index contributed by atoms with van der Waals surface area (Å²) >= 11 is 0. The average Bonchev–Trinajstić information content (AvgIpc) is 2.79. The standard InChI is InChI=1S/C14H7F5O3S2/c15-13(16,17)14(18,19)23-11-4-2-1-3-9(11)10-6-5-8(7-12(10)23)24(20,21)22/h1-7H. The van der Waals surface area contributed by atoms with Crippen LogP contribution in [0.3, 0.4) is 0 Å². The lowest BCUT2D eigenvalue weighted by Gasteiger charge is -2.12. The minimum Gasteiger partial charge on any atom is -0.744 e. The summed E-state index contributed by atoms with van der Waals surface area (Å²) in [5, 5.41) is -4.88.